The Morgan fingerprint density at radius 2 is 1.86 bits per heavy atom. The van der Waals surface area contributed by atoms with E-state index in [1.54, 1.807) is 0 Å². The first kappa shape index (κ1) is 23.9. The third kappa shape index (κ3) is 4.95. The Morgan fingerprint density at radius 1 is 1.09 bits per heavy atom. The van der Waals surface area contributed by atoms with Gasteiger partial charge < -0.3 is 14.6 Å². The van der Waals surface area contributed by atoms with Crippen LogP contribution in [0.4, 0.5) is 5.82 Å². The van der Waals surface area contributed by atoms with Gasteiger partial charge in [-0.25, -0.2) is 4.98 Å². The van der Waals surface area contributed by atoms with E-state index in [1.165, 1.54) is 19.3 Å². The zero-order chi connectivity index (χ0) is 24.5. The predicted octanol–water partition coefficient (Wildman–Crippen LogP) is 7.16. The van der Waals surface area contributed by atoms with Gasteiger partial charge in [-0.05, 0) is 81.0 Å². The van der Waals surface area contributed by atoms with Gasteiger partial charge in [0.2, 0.25) is 5.28 Å². The minimum atomic E-state index is 0.178. The second-order valence-electron chi connectivity index (χ2n) is 9.22. The summed E-state index contributed by atoms with van der Waals surface area (Å²) >= 11 is 12.5. The molecule has 0 saturated heterocycles. The summed E-state index contributed by atoms with van der Waals surface area (Å²) in [6, 6.07) is 14.3. The fraction of sp³-hybridized carbons (Fsp3) is 0.370. The highest BCUT2D eigenvalue weighted by Gasteiger charge is 2.27. The summed E-state index contributed by atoms with van der Waals surface area (Å²) in [4.78, 5) is 14.1. The number of aryl methyl sites for hydroxylation is 1. The van der Waals surface area contributed by atoms with E-state index >= 15 is 0 Å². The SMILES string of the molecule is CCOc1ccc(C)cc1-c1nc2nc(Cl)nc(N[C@H](C)C3CCC3)c2n1Cc1ccc(Cl)cc1. The van der Waals surface area contributed by atoms with Crippen molar-refractivity contribution in [1.29, 1.82) is 0 Å². The molecule has 1 saturated carbocycles. The van der Waals surface area contributed by atoms with Gasteiger partial charge in [-0.3, -0.25) is 0 Å². The van der Waals surface area contributed by atoms with Crippen LogP contribution in [0.15, 0.2) is 42.5 Å². The maximum atomic E-state index is 6.38. The first-order valence-electron chi connectivity index (χ1n) is 12.1. The average Bonchev–Trinajstić information content (AvgIpc) is 3.13. The monoisotopic (exact) mass is 509 g/mol. The van der Waals surface area contributed by atoms with Crippen molar-refractivity contribution in [1.82, 2.24) is 19.5 Å². The van der Waals surface area contributed by atoms with E-state index in [4.69, 9.17) is 32.9 Å². The number of nitrogens with one attached hydrogen (secondary N) is 1. The second-order valence-corrected chi connectivity index (χ2v) is 9.99. The normalized spacial score (nSPS) is 14.7. The van der Waals surface area contributed by atoms with Crippen LogP contribution in [0.5, 0.6) is 5.75 Å². The van der Waals surface area contributed by atoms with Crippen molar-refractivity contribution >= 4 is 40.2 Å². The van der Waals surface area contributed by atoms with Crippen LogP contribution in [0.25, 0.3) is 22.6 Å². The number of halogens is 2. The lowest BCUT2D eigenvalue weighted by atomic mass is 9.80. The van der Waals surface area contributed by atoms with Crippen LogP contribution >= 0.6 is 23.2 Å². The van der Waals surface area contributed by atoms with Crippen molar-refractivity contribution in [3.63, 3.8) is 0 Å². The van der Waals surface area contributed by atoms with Gasteiger partial charge in [0.1, 0.15) is 17.1 Å². The molecular weight excluding hydrogens is 481 g/mol. The Morgan fingerprint density at radius 3 is 2.54 bits per heavy atom. The number of rotatable bonds is 8. The van der Waals surface area contributed by atoms with E-state index in [9.17, 15) is 0 Å². The second kappa shape index (κ2) is 10.0. The molecule has 1 N–H and O–H groups in total. The summed E-state index contributed by atoms with van der Waals surface area (Å²) in [5, 5.41) is 4.51. The van der Waals surface area contributed by atoms with Gasteiger partial charge in [0, 0.05) is 17.6 Å². The van der Waals surface area contributed by atoms with Crippen LogP contribution in [0.2, 0.25) is 10.3 Å². The molecule has 5 rings (SSSR count). The summed E-state index contributed by atoms with van der Waals surface area (Å²) < 4.78 is 8.14. The van der Waals surface area contributed by atoms with E-state index in [1.807, 2.05) is 43.3 Å². The molecule has 1 aliphatic rings. The molecule has 2 heterocycles. The van der Waals surface area contributed by atoms with E-state index in [2.05, 4.69) is 39.8 Å². The Hall–Kier alpha value is -2.83. The Labute approximate surface area is 215 Å². The average molecular weight is 510 g/mol. The maximum Gasteiger partial charge on any atom is 0.226 e. The first-order valence-corrected chi connectivity index (χ1v) is 12.9. The van der Waals surface area contributed by atoms with E-state index < -0.39 is 0 Å². The molecule has 2 aromatic carbocycles. The largest absolute Gasteiger partial charge is 0.493 e. The molecule has 0 spiro atoms. The molecule has 0 unspecified atom stereocenters. The lowest BCUT2D eigenvalue weighted by molar-refractivity contribution is 0.285. The van der Waals surface area contributed by atoms with Crippen LogP contribution in [0.1, 0.15) is 44.2 Å². The fourth-order valence-electron chi connectivity index (χ4n) is 4.62. The lowest BCUT2D eigenvalue weighted by Crippen LogP contribution is -2.31. The van der Waals surface area contributed by atoms with Crippen LogP contribution in [-0.4, -0.2) is 32.2 Å². The maximum absolute atomic E-state index is 6.38. The van der Waals surface area contributed by atoms with Crippen LogP contribution in [-0.2, 0) is 6.54 Å². The number of anilines is 1. The number of aromatic nitrogens is 4. The van der Waals surface area contributed by atoms with Crippen LogP contribution < -0.4 is 10.1 Å². The molecular formula is C27H29Cl2N5O. The molecule has 1 atom stereocenters. The van der Waals surface area contributed by atoms with Crippen molar-refractivity contribution in [3.8, 4) is 17.1 Å². The van der Waals surface area contributed by atoms with Crippen molar-refractivity contribution in [2.75, 3.05) is 11.9 Å². The third-order valence-corrected chi connectivity index (χ3v) is 7.15. The molecule has 0 bridgehead atoms. The van der Waals surface area contributed by atoms with Gasteiger partial charge in [-0.1, -0.05) is 41.8 Å². The van der Waals surface area contributed by atoms with Crippen molar-refractivity contribution in [2.45, 2.75) is 52.6 Å². The van der Waals surface area contributed by atoms with Gasteiger partial charge in [-0.2, -0.15) is 9.97 Å². The molecule has 1 fully saturated rings. The quantitative estimate of drug-likeness (QED) is 0.255. The Balaban J connectivity index is 1.71. The highest BCUT2D eigenvalue weighted by atomic mass is 35.5. The predicted molar refractivity (Wildman–Crippen MR) is 143 cm³/mol. The summed E-state index contributed by atoms with van der Waals surface area (Å²) in [7, 11) is 0. The van der Waals surface area contributed by atoms with E-state index in [-0.39, 0.29) is 11.3 Å². The van der Waals surface area contributed by atoms with Gasteiger partial charge >= 0.3 is 0 Å². The molecule has 0 amide bonds. The number of ether oxygens (including phenoxy) is 1. The minimum absolute atomic E-state index is 0.178. The number of hydrogen-bond acceptors (Lipinski definition) is 5. The van der Waals surface area contributed by atoms with E-state index in [0.717, 1.165) is 33.8 Å². The van der Waals surface area contributed by atoms with Gasteiger partial charge in [0.15, 0.2) is 11.5 Å². The van der Waals surface area contributed by atoms with Crippen molar-refractivity contribution in [3.05, 3.63) is 63.9 Å². The number of benzene rings is 2. The summed E-state index contributed by atoms with van der Waals surface area (Å²) in [6.07, 6.45) is 3.74. The van der Waals surface area contributed by atoms with Crippen LogP contribution in [0, 0.1) is 12.8 Å². The molecule has 182 valence electrons. The van der Waals surface area contributed by atoms with E-state index in [0.29, 0.717) is 35.6 Å². The fourth-order valence-corrected chi connectivity index (χ4v) is 4.91. The smallest absolute Gasteiger partial charge is 0.226 e. The molecule has 1 aliphatic carbocycles. The molecule has 0 radical (unpaired) electrons. The highest BCUT2D eigenvalue weighted by molar-refractivity contribution is 6.30. The lowest BCUT2D eigenvalue weighted by Gasteiger charge is -2.32. The Bertz CT molecular complexity index is 1350. The van der Waals surface area contributed by atoms with Gasteiger partial charge in [0.25, 0.3) is 0 Å². The van der Waals surface area contributed by atoms with Crippen molar-refractivity contribution < 1.29 is 4.74 Å². The summed E-state index contributed by atoms with van der Waals surface area (Å²) in [5.41, 5.74) is 4.51. The first-order chi connectivity index (χ1) is 16.9. The zero-order valence-corrected chi connectivity index (χ0v) is 21.7. The number of hydrogen-bond donors (Lipinski definition) is 1. The molecule has 4 aromatic rings. The molecule has 0 aliphatic heterocycles. The number of nitrogens with zero attached hydrogens (tertiary/aromatic N) is 4. The molecule has 6 nitrogen and oxygen atoms in total. The van der Waals surface area contributed by atoms with Crippen molar-refractivity contribution in [2.24, 2.45) is 5.92 Å². The molecule has 8 heteroatoms. The minimum Gasteiger partial charge on any atom is -0.493 e. The Kier molecular flexibility index (Phi) is 6.85. The zero-order valence-electron chi connectivity index (χ0n) is 20.2. The van der Waals surface area contributed by atoms with Gasteiger partial charge in [-0.15, -0.1) is 0 Å². The third-order valence-electron chi connectivity index (χ3n) is 6.73. The molecule has 35 heavy (non-hydrogen) atoms. The summed E-state index contributed by atoms with van der Waals surface area (Å²) in [6.45, 7) is 7.38. The number of imidazole rings is 1. The number of fused-ring (bicyclic) bond motifs is 1. The highest BCUT2D eigenvalue weighted by Crippen LogP contribution is 2.37. The summed E-state index contributed by atoms with van der Waals surface area (Å²) in [5.74, 6) is 2.88. The van der Waals surface area contributed by atoms with Gasteiger partial charge in [0.05, 0.1) is 12.2 Å². The van der Waals surface area contributed by atoms with Crippen LogP contribution in [0.3, 0.4) is 0 Å². The molecule has 2 aromatic heterocycles. The standard InChI is InChI=1S/C27H29Cl2N5O/c1-4-35-22-13-8-16(2)14-21(22)26-31-25-23(34(26)15-18-9-11-20(28)12-10-18)24(32-27(29)33-25)30-17(3)19-6-5-7-19/h8-14,17,19H,4-7,15H2,1-3H3,(H,30,32,33)/t17-/m1/s1. The topological polar surface area (TPSA) is 64.9 Å².